The van der Waals surface area contributed by atoms with Gasteiger partial charge in [-0.25, -0.2) is 22.7 Å². The van der Waals surface area contributed by atoms with Gasteiger partial charge in [0, 0.05) is 23.6 Å². The second kappa shape index (κ2) is 8.91. The minimum absolute atomic E-state index is 0.0909. The summed E-state index contributed by atoms with van der Waals surface area (Å²) in [6, 6.07) is 12.2. The predicted octanol–water partition coefficient (Wildman–Crippen LogP) is 2.67. The SMILES string of the molecule is COc1ccc(NC(=O)c2ccc3nn(CC(=O)Nc4cc(F)cc(F)c4)c(=O)n3c2)cc1. The molecule has 4 aromatic rings. The Labute approximate surface area is 185 Å². The van der Waals surface area contributed by atoms with Crippen LogP contribution < -0.4 is 21.1 Å². The van der Waals surface area contributed by atoms with Crippen LogP contribution in [0.4, 0.5) is 20.2 Å². The fourth-order valence-electron chi connectivity index (χ4n) is 3.10. The summed E-state index contributed by atoms with van der Waals surface area (Å²) in [5.74, 6) is -2.22. The van der Waals surface area contributed by atoms with Crippen LogP contribution in [0.15, 0.2) is 65.6 Å². The third-order valence-corrected chi connectivity index (χ3v) is 4.63. The van der Waals surface area contributed by atoms with Crippen molar-refractivity contribution in [1.82, 2.24) is 14.2 Å². The molecule has 0 saturated carbocycles. The first-order valence-electron chi connectivity index (χ1n) is 9.63. The molecule has 9 nitrogen and oxygen atoms in total. The van der Waals surface area contributed by atoms with Gasteiger partial charge in [0.15, 0.2) is 5.65 Å². The molecule has 2 heterocycles. The topological polar surface area (TPSA) is 107 Å². The van der Waals surface area contributed by atoms with Gasteiger partial charge in [0.2, 0.25) is 5.91 Å². The fourth-order valence-corrected chi connectivity index (χ4v) is 3.10. The van der Waals surface area contributed by atoms with Crippen LogP contribution >= 0.6 is 0 Å². The summed E-state index contributed by atoms with van der Waals surface area (Å²) >= 11 is 0. The van der Waals surface area contributed by atoms with Gasteiger partial charge in [0.05, 0.1) is 12.7 Å². The number of carbonyl (C=O) groups is 2. The van der Waals surface area contributed by atoms with Crippen molar-refractivity contribution < 1.29 is 23.1 Å². The zero-order chi connectivity index (χ0) is 23.5. The number of carbonyl (C=O) groups excluding carboxylic acids is 2. The molecular weight excluding hydrogens is 436 g/mol. The number of methoxy groups -OCH3 is 1. The first kappa shape index (κ1) is 21.7. The second-order valence-electron chi connectivity index (χ2n) is 6.98. The van der Waals surface area contributed by atoms with Crippen molar-refractivity contribution in [3.63, 3.8) is 0 Å². The van der Waals surface area contributed by atoms with Crippen LogP contribution in [0.1, 0.15) is 10.4 Å². The molecule has 0 unspecified atom stereocenters. The summed E-state index contributed by atoms with van der Waals surface area (Å²) in [6.07, 6.45) is 1.31. The molecule has 2 aromatic carbocycles. The Morgan fingerprint density at radius 2 is 1.67 bits per heavy atom. The van der Waals surface area contributed by atoms with E-state index in [0.717, 1.165) is 21.2 Å². The molecule has 0 aliphatic rings. The van der Waals surface area contributed by atoms with E-state index in [1.165, 1.54) is 25.4 Å². The zero-order valence-electron chi connectivity index (χ0n) is 17.2. The lowest BCUT2D eigenvalue weighted by molar-refractivity contribution is -0.117. The smallest absolute Gasteiger partial charge is 0.350 e. The molecule has 0 aliphatic carbocycles. The van der Waals surface area contributed by atoms with Gasteiger partial charge in [-0.2, -0.15) is 0 Å². The lowest BCUT2D eigenvalue weighted by Gasteiger charge is -2.06. The average Bonchev–Trinajstić information content (AvgIpc) is 3.08. The maximum atomic E-state index is 13.3. The summed E-state index contributed by atoms with van der Waals surface area (Å²) in [7, 11) is 1.53. The molecule has 0 atom stereocenters. The Kier molecular flexibility index (Phi) is 5.85. The van der Waals surface area contributed by atoms with Gasteiger partial charge in [-0.05, 0) is 48.5 Å². The molecule has 33 heavy (non-hydrogen) atoms. The van der Waals surface area contributed by atoms with Crippen molar-refractivity contribution in [2.45, 2.75) is 6.54 Å². The highest BCUT2D eigenvalue weighted by Gasteiger charge is 2.14. The molecule has 0 aliphatic heterocycles. The van der Waals surface area contributed by atoms with Crippen molar-refractivity contribution in [2.75, 3.05) is 17.7 Å². The van der Waals surface area contributed by atoms with E-state index in [4.69, 9.17) is 4.74 Å². The Hall–Kier alpha value is -4.54. The number of anilines is 2. The number of pyridine rings is 1. The number of ether oxygens (including phenoxy) is 1. The average molecular weight is 453 g/mol. The fraction of sp³-hybridized carbons (Fsp3) is 0.0909. The van der Waals surface area contributed by atoms with Crippen molar-refractivity contribution in [3.8, 4) is 5.75 Å². The van der Waals surface area contributed by atoms with E-state index in [0.29, 0.717) is 17.5 Å². The molecule has 0 fully saturated rings. The van der Waals surface area contributed by atoms with Gasteiger partial charge < -0.3 is 15.4 Å². The third-order valence-electron chi connectivity index (χ3n) is 4.63. The normalized spacial score (nSPS) is 10.8. The second-order valence-corrected chi connectivity index (χ2v) is 6.98. The van der Waals surface area contributed by atoms with Crippen molar-refractivity contribution in [2.24, 2.45) is 0 Å². The molecule has 2 N–H and O–H groups in total. The third kappa shape index (κ3) is 4.87. The van der Waals surface area contributed by atoms with Crippen LogP contribution in [0.5, 0.6) is 5.75 Å². The highest BCUT2D eigenvalue weighted by molar-refractivity contribution is 6.04. The zero-order valence-corrected chi connectivity index (χ0v) is 17.2. The van der Waals surface area contributed by atoms with Crippen molar-refractivity contribution in [3.05, 3.63) is 88.5 Å². The number of rotatable bonds is 6. The summed E-state index contributed by atoms with van der Waals surface area (Å²) in [4.78, 5) is 37.4. The van der Waals surface area contributed by atoms with Gasteiger partial charge in [0.1, 0.15) is 23.9 Å². The van der Waals surface area contributed by atoms with Crippen LogP contribution in [0.3, 0.4) is 0 Å². The predicted molar refractivity (Wildman–Crippen MR) is 115 cm³/mol. The standard InChI is InChI=1S/C22H17F2N5O4/c1-33-18-5-3-16(4-6-18)26-21(31)13-2-7-19-27-29(22(32)28(19)11-13)12-20(30)25-17-9-14(23)8-15(24)10-17/h2-11H,12H2,1H3,(H,25,30)(H,26,31). The number of hydrogen-bond donors (Lipinski definition) is 2. The molecule has 0 radical (unpaired) electrons. The number of fused-ring (bicyclic) bond motifs is 1. The molecule has 2 amide bonds. The summed E-state index contributed by atoms with van der Waals surface area (Å²) < 4.78 is 33.6. The van der Waals surface area contributed by atoms with E-state index in [1.54, 1.807) is 24.3 Å². The maximum absolute atomic E-state index is 13.3. The number of nitrogens with one attached hydrogen (secondary N) is 2. The van der Waals surface area contributed by atoms with Crippen LogP contribution in [0.2, 0.25) is 0 Å². The number of aromatic nitrogens is 3. The molecular formula is C22H17F2N5O4. The van der Waals surface area contributed by atoms with Gasteiger partial charge in [-0.3, -0.25) is 9.59 Å². The summed E-state index contributed by atoms with van der Waals surface area (Å²) in [5.41, 5.74) is 0.191. The molecule has 4 rings (SSSR count). The number of amides is 2. The lowest BCUT2D eigenvalue weighted by atomic mass is 10.2. The van der Waals surface area contributed by atoms with Crippen LogP contribution in [0.25, 0.3) is 5.65 Å². The molecule has 0 bridgehead atoms. The Morgan fingerprint density at radius 1 is 0.970 bits per heavy atom. The minimum Gasteiger partial charge on any atom is -0.497 e. The van der Waals surface area contributed by atoms with E-state index in [-0.39, 0.29) is 16.9 Å². The van der Waals surface area contributed by atoms with Gasteiger partial charge in [0.25, 0.3) is 5.91 Å². The van der Waals surface area contributed by atoms with E-state index in [1.807, 2.05) is 0 Å². The monoisotopic (exact) mass is 453 g/mol. The number of benzene rings is 2. The Balaban J connectivity index is 1.50. The highest BCUT2D eigenvalue weighted by atomic mass is 19.1. The quantitative estimate of drug-likeness (QED) is 0.467. The number of halogens is 2. The van der Waals surface area contributed by atoms with Gasteiger partial charge in [-0.1, -0.05) is 0 Å². The van der Waals surface area contributed by atoms with Crippen LogP contribution in [-0.2, 0) is 11.3 Å². The maximum Gasteiger partial charge on any atom is 0.350 e. The Morgan fingerprint density at radius 3 is 2.33 bits per heavy atom. The first-order chi connectivity index (χ1) is 15.8. The van der Waals surface area contributed by atoms with Gasteiger partial charge in [-0.15, -0.1) is 5.10 Å². The van der Waals surface area contributed by atoms with E-state index < -0.39 is 35.7 Å². The molecule has 2 aromatic heterocycles. The number of hydrogen-bond acceptors (Lipinski definition) is 5. The molecule has 168 valence electrons. The molecule has 11 heteroatoms. The van der Waals surface area contributed by atoms with Crippen LogP contribution in [-0.4, -0.2) is 33.1 Å². The van der Waals surface area contributed by atoms with E-state index in [2.05, 4.69) is 15.7 Å². The largest absolute Gasteiger partial charge is 0.497 e. The molecule has 0 saturated heterocycles. The molecule has 0 spiro atoms. The summed E-state index contributed by atoms with van der Waals surface area (Å²) in [5, 5.41) is 9.06. The van der Waals surface area contributed by atoms with E-state index in [9.17, 15) is 23.2 Å². The first-order valence-corrected chi connectivity index (χ1v) is 9.63. The number of nitrogens with zero attached hydrogens (tertiary/aromatic N) is 3. The van der Waals surface area contributed by atoms with Crippen LogP contribution in [0, 0.1) is 11.6 Å². The van der Waals surface area contributed by atoms with Crippen molar-refractivity contribution >= 4 is 28.8 Å². The minimum atomic E-state index is -0.851. The lowest BCUT2D eigenvalue weighted by Crippen LogP contribution is -2.28. The van der Waals surface area contributed by atoms with Gasteiger partial charge >= 0.3 is 5.69 Å². The Bertz CT molecular complexity index is 1390. The van der Waals surface area contributed by atoms with Crippen molar-refractivity contribution in [1.29, 1.82) is 0 Å². The van der Waals surface area contributed by atoms with E-state index >= 15 is 0 Å². The highest BCUT2D eigenvalue weighted by Crippen LogP contribution is 2.16. The summed E-state index contributed by atoms with van der Waals surface area (Å²) in [6.45, 7) is -0.494.